The number of H-pyrrole nitrogens is 1. The largest absolute Gasteiger partial charge is 0.295 e. The van der Waals surface area contributed by atoms with Gasteiger partial charge in [-0.05, 0) is 31.2 Å². The van der Waals surface area contributed by atoms with Crippen LogP contribution in [0, 0.1) is 6.92 Å². The average molecular weight is 368 g/mol. The fourth-order valence-electron chi connectivity index (χ4n) is 3.08. The second-order valence-corrected chi connectivity index (χ2v) is 6.39. The van der Waals surface area contributed by atoms with E-state index in [4.69, 9.17) is 0 Å². The van der Waals surface area contributed by atoms with Gasteiger partial charge in [0, 0.05) is 11.3 Å². The van der Waals surface area contributed by atoms with Crippen molar-refractivity contribution >= 4 is 11.4 Å². The predicted molar refractivity (Wildman–Crippen MR) is 113 cm³/mol. The van der Waals surface area contributed by atoms with Crippen molar-refractivity contribution in [2.75, 3.05) is 5.43 Å². The first kappa shape index (κ1) is 17.5. The molecular formula is C23H20N4O. The Balaban J connectivity index is 1.84. The van der Waals surface area contributed by atoms with Crippen molar-refractivity contribution in [2.24, 2.45) is 5.10 Å². The summed E-state index contributed by atoms with van der Waals surface area (Å²) < 4.78 is 1.55. The molecule has 4 aromatic rings. The third-order valence-electron chi connectivity index (χ3n) is 4.44. The zero-order valence-electron chi connectivity index (χ0n) is 15.5. The van der Waals surface area contributed by atoms with Crippen LogP contribution in [0.25, 0.3) is 5.69 Å². The summed E-state index contributed by atoms with van der Waals surface area (Å²) in [6, 6.07) is 28.9. The number of aromatic amines is 1. The van der Waals surface area contributed by atoms with Crippen molar-refractivity contribution in [2.45, 2.75) is 6.92 Å². The van der Waals surface area contributed by atoms with Crippen LogP contribution in [0.4, 0.5) is 5.69 Å². The Morgan fingerprint density at radius 3 is 2.07 bits per heavy atom. The second kappa shape index (κ2) is 7.80. The van der Waals surface area contributed by atoms with Gasteiger partial charge in [-0.25, -0.2) is 4.68 Å². The minimum atomic E-state index is -0.138. The zero-order chi connectivity index (χ0) is 19.3. The minimum absolute atomic E-state index is 0.138. The van der Waals surface area contributed by atoms with Crippen molar-refractivity contribution < 1.29 is 0 Å². The summed E-state index contributed by atoms with van der Waals surface area (Å²) in [4.78, 5) is 13.2. The summed E-state index contributed by atoms with van der Waals surface area (Å²) in [6.07, 6.45) is 0. The Morgan fingerprint density at radius 1 is 0.857 bits per heavy atom. The van der Waals surface area contributed by atoms with Gasteiger partial charge >= 0.3 is 0 Å². The fraction of sp³-hybridized carbons (Fsp3) is 0.0435. The van der Waals surface area contributed by atoms with Crippen LogP contribution in [0.1, 0.15) is 16.8 Å². The van der Waals surface area contributed by atoms with Crippen LogP contribution >= 0.6 is 0 Å². The molecule has 5 heteroatoms. The Hall–Kier alpha value is -3.86. The maximum absolute atomic E-state index is 13.2. The van der Waals surface area contributed by atoms with Crippen LogP contribution in [0.5, 0.6) is 0 Å². The molecule has 5 nitrogen and oxygen atoms in total. The van der Waals surface area contributed by atoms with Gasteiger partial charge in [0.1, 0.15) is 5.71 Å². The van der Waals surface area contributed by atoms with Gasteiger partial charge in [-0.15, -0.1) is 0 Å². The SMILES string of the molecule is Cc1[nH]n(-c2ccccc2)c(=O)c1C(=NNc1ccccc1)c1ccccc1. The van der Waals surface area contributed by atoms with Gasteiger partial charge in [0.2, 0.25) is 0 Å². The highest BCUT2D eigenvalue weighted by Crippen LogP contribution is 2.14. The molecule has 0 unspecified atom stereocenters. The van der Waals surface area contributed by atoms with Crippen molar-refractivity contribution in [1.29, 1.82) is 0 Å². The van der Waals surface area contributed by atoms with E-state index in [-0.39, 0.29) is 5.56 Å². The van der Waals surface area contributed by atoms with E-state index < -0.39 is 0 Å². The maximum Gasteiger partial charge on any atom is 0.281 e. The first-order valence-corrected chi connectivity index (χ1v) is 9.05. The summed E-state index contributed by atoms with van der Waals surface area (Å²) in [6.45, 7) is 1.89. The number of nitrogens with one attached hydrogen (secondary N) is 2. The lowest BCUT2D eigenvalue weighted by Gasteiger charge is -2.07. The smallest absolute Gasteiger partial charge is 0.281 e. The number of aromatic nitrogens is 2. The van der Waals surface area contributed by atoms with E-state index in [0.717, 1.165) is 22.6 Å². The molecule has 0 bridgehead atoms. The second-order valence-electron chi connectivity index (χ2n) is 6.39. The average Bonchev–Trinajstić information content (AvgIpc) is 3.05. The topological polar surface area (TPSA) is 62.2 Å². The third kappa shape index (κ3) is 3.50. The molecule has 0 spiro atoms. The first-order valence-electron chi connectivity index (χ1n) is 9.05. The van der Waals surface area contributed by atoms with Crippen molar-refractivity contribution in [1.82, 2.24) is 9.78 Å². The molecule has 1 aromatic heterocycles. The molecule has 4 rings (SSSR count). The van der Waals surface area contributed by atoms with Crippen molar-refractivity contribution in [3.8, 4) is 5.69 Å². The Labute approximate surface area is 163 Å². The molecule has 138 valence electrons. The highest BCUT2D eigenvalue weighted by atomic mass is 16.1. The Kier molecular flexibility index (Phi) is 4.89. The molecule has 0 aliphatic heterocycles. The Morgan fingerprint density at radius 2 is 1.43 bits per heavy atom. The molecule has 1 heterocycles. The summed E-state index contributed by atoms with van der Waals surface area (Å²) in [5.74, 6) is 0. The molecule has 0 saturated carbocycles. The summed E-state index contributed by atoms with van der Waals surface area (Å²) >= 11 is 0. The summed E-state index contributed by atoms with van der Waals surface area (Å²) in [5.41, 5.74) is 7.33. The molecule has 2 N–H and O–H groups in total. The lowest BCUT2D eigenvalue weighted by molar-refractivity contribution is 0.835. The molecule has 0 aliphatic carbocycles. The van der Waals surface area contributed by atoms with Crippen LogP contribution < -0.4 is 11.0 Å². The number of rotatable bonds is 5. The number of benzene rings is 3. The standard InChI is InChI=1S/C23H20N4O/c1-17-21(23(28)27(26-17)20-15-9-4-10-16-20)22(18-11-5-2-6-12-18)25-24-19-13-7-3-8-14-19/h2-16,24,26H,1H3. The lowest BCUT2D eigenvalue weighted by Crippen LogP contribution is -2.22. The number of aryl methyl sites for hydroxylation is 1. The normalized spacial score (nSPS) is 11.4. The highest BCUT2D eigenvalue weighted by molar-refractivity contribution is 6.13. The maximum atomic E-state index is 13.2. The lowest BCUT2D eigenvalue weighted by atomic mass is 10.0. The van der Waals surface area contributed by atoms with Gasteiger partial charge in [0.15, 0.2) is 0 Å². The van der Waals surface area contributed by atoms with Crippen LogP contribution in [-0.2, 0) is 0 Å². The first-order chi connectivity index (χ1) is 13.7. The number of para-hydroxylation sites is 2. The highest BCUT2D eigenvalue weighted by Gasteiger charge is 2.19. The van der Waals surface area contributed by atoms with E-state index >= 15 is 0 Å². The Bertz CT molecular complexity index is 1140. The number of hydrogen-bond donors (Lipinski definition) is 2. The molecule has 28 heavy (non-hydrogen) atoms. The van der Waals surface area contributed by atoms with Crippen molar-refractivity contribution in [3.63, 3.8) is 0 Å². The molecular weight excluding hydrogens is 348 g/mol. The number of hydrogen-bond acceptors (Lipinski definition) is 3. The minimum Gasteiger partial charge on any atom is -0.295 e. The van der Waals surface area contributed by atoms with Gasteiger partial charge < -0.3 is 0 Å². The predicted octanol–water partition coefficient (Wildman–Crippen LogP) is 4.34. The molecule has 0 saturated heterocycles. The number of nitrogens with zero attached hydrogens (tertiary/aromatic N) is 2. The summed E-state index contributed by atoms with van der Waals surface area (Å²) in [7, 11) is 0. The van der Waals surface area contributed by atoms with Gasteiger partial charge in [0.05, 0.1) is 16.9 Å². The van der Waals surface area contributed by atoms with Gasteiger partial charge in [-0.1, -0.05) is 66.7 Å². The van der Waals surface area contributed by atoms with E-state index in [1.807, 2.05) is 97.9 Å². The van der Waals surface area contributed by atoms with Gasteiger partial charge in [-0.2, -0.15) is 5.10 Å². The van der Waals surface area contributed by atoms with E-state index in [1.165, 1.54) is 0 Å². The molecule has 0 radical (unpaired) electrons. The fourth-order valence-corrected chi connectivity index (χ4v) is 3.08. The molecule has 0 fully saturated rings. The number of hydrazone groups is 1. The van der Waals surface area contributed by atoms with Crippen LogP contribution in [0.2, 0.25) is 0 Å². The van der Waals surface area contributed by atoms with Crippen LogP contribution in [0.3, 0.4) is 0 Å². The van der Waals surface area contributed by atoms with E-state index in [9.17, 15) is 4.79 Å². The van der Waals surface area contributed by atoms with E-state index in [1.54, 1.807) is 4.68 Å². The van der Waals surface area contributed by atoms with Crippen LogP contribution in [-0.4, -0.2) is 15.5 Å². The van der Waals surface area contributed by atoms with Crippen molar-refractivity contribution in [3.05, 3.63) is 118 Å². The molecule has 3 aromatic carbocycles. The van der Waals surface area contributed by atoms with E-state index in [2.05, 4.69) is 15.6 Å². The van der Waals surface area contributed by atoms with Gasteiger partial charge in [-0.3, -0.25) is 15.3 Å². The quantitative estimate of drug-likeness (QED) is 0.407. The molecule has 0 aliphatic rings. The van der Waals surface area contributed by atoms with Gasteiger partial charge in [0.25, 0.3) is 5.56 Å². The zero-order valence-corrected chi connectivity index (χ0v) is 15.5. The van der Waals surface area contributed by atoms with Crippen LogP contribution in [0.15, 0.2) is 101 Å². The monoisotopic (exact) mass is 368 g/mol. The number of anilines is 1. The van der Waals surface area contributed by atoms with E-state index in [0.29, 0.717) is 11.3 Å². The summed E-state index contributed by atoms with van der Waals surface area (Å²) in [5, 5.41) is 7.77. The third-order valence-corrected chi connectivity index (χ3v) is 4.44. The molecule has 0 atom stereocenters. The molecule has 0 amide bonds.